The lowest BCUT2D eigenvalue weighted by molar-refractivity contribution is 0.0892. The number of nitrogens with zero attached hydrogens (tertiary/aromatic N) is 4. The van der Waals surface area contributed by atoms with Gasteiger partial charge in [0.1, 0.15) is 11.9 Å². The highest BCUT2D eigenvalue weighted by molar-refractivity contribution is 5.20. The minimum absolute atomic E-state index is 0.0703. The van der Waals surface area contributed by atoms with Crippen molar-refractivity contribution in [1.82, 2.24) is 19.9 Å². The topological polar surface area (TPSA) is 54.6 Å². The van der Waals surface area contributed by atoms with Crippen LogP contribution in [0, 0.1) is 5.82 Å². The Morgan fingerprint density at radius 1 is 1.20 bits per heavy atom. The third-order valence-electron chi connectivity index (χ3n) is 4.87. The van der Waals surface area contributed by atoms with E-state index >= 15 is 0 Å². The monoisotopic (exact) mass is 348 g/mol. The Morgan fingerprint density at radius 2 is 1.92 bits per heavy atom. The molecule has 2 atom stereocenters. The molecule has 2 aromatic rings. The maximum absolute atomic E-state index is 14.0. The second-order valence-corrected chi connectivity index (χ2v) is 6.43. The molecule has 1 fully saturated rings. The lowest BCUT2D eigenvalue weighted by Gasteiger charge is -2.37. The van der Waals surface area contributed by atoms with Gasteiger partial charge in [0, 0.05) is 44.9 Å². The molecule has 0 aliphatic carbocycles. The largest absolute Gasteiger partial charge is 0.374 e. The van der Waals surface area contributed by atoms with E-state index < -0.39 is 0 Å². The number of hydrogen-bond acceptors (Lipinski definition) is 6. The zero-order valence-corrected chi connectivity index (χ0v) is 15.0. The lowest BCUT2D eigenvalue weighted by Crippen LogP contribution is -2.46. The van der Waals surface area contributed by atoms with Gasteiger partial charge in [0.15, 0.2) is 5.82 Å². The molecule has 0 bridgehead atoms. The molecule has 0 N–H and O–H groups in total. The molecular weight excluding hydrogens is 323 g/mol. The quantitative estimate of drug-likeness (QED) is 0.800. The molecule has 3 rings (SSSR count). The summed E-state index contributed by atoms with van der Waals surface area (Å²) in [6.07, 6.45) is -0.170. The normalized spacial score (nSPS) is 19.0. The van der Waals surface area contributed by atoms with Crippen LogP contribution in [0.25, 0.3) is 0 Å². The number of ether oxygens (including phenoxy) is 1. The third kappa shape index (κ3) is 4.23. The molecule has 1 aliphatic heterocycles. The Kier molecular flexibility index (Phi) is 5.78. The Morgan fingerprint density at radius 3 is 2.60 bits per heavy atom. The molecule has 0 radical (unpaired) electrons. The smallest absolute Gasteiger partial charge is 0.240 e. The number of aromatic nitrogens is 2. The van der Waals surface area contributed by atoms with E-state index in [1.807, 2.05) is 19.1 Å². The van der Waals surface area contributed by atoms with Crippen LogP contribution in [0.1, 0.15) is 43.3 Å². The lowest BCUT2D eigenvalue weighted by atomic mass is 10.1. The number of hydrogen-bond donors (Lipinski definition) is 0. The van der Waals surface area contributed by atoms with Crippen molar-refractivity contribution >= 4 is 0 Å². The molecule has 0 amide bonds. The Labute approximate surface area is 147 Å². The summed E-state index contributed by atoms with van der Waals surface area (Å²) in [5, 5.41) is 3.96. The maximum atomic E-state index is 14.0. The zero-order valence-electron chi connectivity index (χ0n) is 15.0. The third-order valence-corrected chi connectivity index (χ3v) is 4.87. The second-order valence-electron chi connectivity index (χ2n) is 6.43. The van der Waals surface area contributed by atoms with Gasteiger partial charge in [-0.05, 0) is 19.9 Å². The van der Waals surface area contributed by atoms with Crippen molar-refractivity contribution in [1.29, 1.82) is 0 Å². The number of benzene rings is 1. The van der Waals surface area contributed by atoms with E-state index in [4.69, 9.17) is 9.26 Å². The van der Waals surface area contributed by atoms with Crippen LogP contribution in [-0.2, 0) is 11.3 Å². The fourth-order valence-electron chi connectivity index (χ4n) is 3.11. The highest BCUT2D eigenvalue weighted by Crippen LogP contribution is 2.24. The summed E-state index contributed by atoms with van der Waals surface area (Å²) in [6, 6.07) is 7.08. The fourth-order valence-corrected chi connectivity index (χ4v) is 3.11. The van der Waals surface area contributed by atoms with Crippen LogP contribution in [0.2, 0.25) is 0 Å². The second kappa shape index (κ2) is 8.03. The van der Waals surface area contributed by atoms with Gasteiger partial charge >= 0.3 is 0 Å². The van der Waals surface area contributed by atoms with Gasteiger partial charge in [-0.15, -0.1) is 0 Å². The van der Waals surface area contributed by atoms with Gasteiger partial charge in [-0.1, -0.05) is 23.4 Å². The predicted octanol–water partition coefficient (Wildman–Crippen LogP) is 2.79. The predicted molar refractivity (Wildman–Crippen MR) is 91.4 cm³/mol. The molecule has 0 spiro atoms. The minimum atomic E-state index is -0.170. The zero-order chi connectivity index (χ0) is 17.8. The molecule has 136 valence electrons. The highest BCUT2D eigenvalue weighted by Gasteiger charge is 2.25. The van der Waals surface area contributed by atoms with Gasteiger partial charge in [0.2, 0.25) is 5.89 Å². The van der Waals surface area contributed by atoms with Gasteiger partial charge in [-0.25, -0.2) is 4.39 Å². The van der Waals surface area contributed by atoms with Gasteiger partial charge in [-0.2, -0.15) is 4.98 Å². The fraction of sp³-hybridized carbons (Fsp3) is 0.556. The molecule has 2 heterocycles. The van der Waals surface area contributed by atoms with E-state index in [9.17, 15) is 4.39 Å². The number of methoxy groups -OCH3 is 1. The van der Waals surface area contributed by atoms with Crippen molar-refractivity contribution < 1.29 is 13.7 Å². The average Bonchev–Trinajstić information content (AvgIpc) is 3.10. The van der Waals surface area contributed by atoms with Crippen molar-refractivity contribution in [2.75, 3.05) is 33.3 Å². The first-order valence-electron chi connectivity index (χ1n) is 8.64. The summed E-state index contributed by atoms with van der Waals surface area (Å²) in [5.41, 5.74) is 0.756. The molecular formula is C18H25FN4O2. The average molecular weight is 348 g/mol. The molecule has 0 saturated carbocycles. The Balaban J connectivity index is 1.53. The number of rotatable bonds is 6. The summed E-state index contributed by atoms with van der Waals surface area (Å²) < 4.78 is 24.5. The van der Waals surface area contributed by atoms with Crippen LogP contribution in [0.3, 0.4) is 0 Å². The van der Waals surface area contributed by atoms with Gasteiger partial charge < -0.3 is 9.26 Å². The summed E-state index contributed by atoms with van der Waals surface area (Å²) in [5.74, 6) is 1.04. The van der Waals surface area contributed by atoms with Crippen molar-refractivity contribution in [3.8, 4) is 0 Å². The van der Waals surface area contributed by atoms with E-state index in [0.717, 1.165) is 31.7 Å². The van der Waals surface area contributed by atoms with Crippen molar-refractivity contribution in [3.63, 3.8) is 0 Å². The van der Waals surface area contributed by atoms with Gasteiger partial charge in [-0.3, -0.25) is 9.80 Å². The van der Waals surface area contributed by atoms with E-state index in [1.54, 1.807) is 13.2 Å². The first kappa shape index (κ1) is 18.0. The van der Waals surface area contributed by atoms with Crippen LogP contribution in [-0.4, -0.2) is 53.2 Å². The van der Waals surface area contributed by atoms with E-state index in [-0.39, 0.29) is 18.0 Å². The van der Waals surface area contributed by atoms with Crippen molar-refractivity contribution in [2.45, 2.75) is 32.5 Å². The minimum Gasteiger partial charge on any atom is -0.374 e. The maximum Gasteiger partial charge on any atom is 0.240 e. The molecule has 25 heavy (non-hydrogen) atoms. The standard InChI is InChI=1S/C18H25FN4O2/c1-13(15-6-4-5-7-16(15)19)23-10-8-22(9-11-23)12-17-20-18(21-25-17)14(2)24-3/h4-7,13-14H,8-12H2,1-3H3. The Hall–Kier alpha value is -1.83. The molecule has 1 aliphatic rings. The van der Waals surface area contributed by atoms with E-state index in [1.165, 1.54) is 6.07 Å². The molecule has 1 aromatic heterocycles. The molecule has 1 saturated heterocycles. The molecule has 1 aromatic carbocycles. The van der Waals surface area contributed by atoms with Crippen molar-refractivity contribution in [3.05, 3.63) is 47.4 Å². The van der Waals surface area contributed by atoms with Crippen LogP contribution in [0.15, 0.2) is 28.8 Å². The highest BCUT2D eigenvalue weighted by atomic mass is 19.1. The summed E-state index contributed by atoms with van der Waals surface area (Å²) >= 11 is 0. The first-order chi connectivity index (χ1) is 12.1. The van der Waals surface area contributed by atoms with Crippen molar-refractivity contribution in [2.24, 2.45) is 0 Å². The Bertz CT molecular complexity index is 685. The van der Waals surface area contributed by atoms with E-state index in [2.05, 4.69) is 26.9 Å². The summed E-state index contributed by atoms with van der Waals surface area (Å²) in [4.78, 5) is 8.96. The van der Waals surface area contributed by atoms with Crippen LogP contribution in [0.5, 0.6) is 0 Å². The molecule has 7 heteroatoms. The summed E-state index contributed by atoms with van der Waals surface area (Å²) in [6.45, 7) is 8.11. The van der Waals surface area contributed by atoms with Crippen LogP contribution in [0.4, 0.5) is 4.39 Å². The van der Waals surface area contributed by atoms with Gasteiger partial charge in [0.05, 0.1) is 6.54 Å². The number of halogens is 1. The molecule has 2 unspecified atom stereocenters. The van der Waals surface area contributed by atoms with Gasteiger partial charge in [0.25, 0.3) is 0 Å². The SMILES string of the molecule is COC(C)c1noc(CN2CCN(C(C)c3ccccc3F)CC2)n1. The van der Waals surface area contributed by atoms with Crippen LogP contribution < -0.4 is 0 Å². The van der Waals surface area contributed by atoms with E-state index in [0.29, 0.717) is 18.3 Å². The first-order valence-corrected chi connectivity index (χ1v) is 8.64. The van der Waals surface area contributed by atoms with Crippen LogP contribution >= 0.6 is 0 Å². The number of piperazine rings is 1. The molecule has 6 nitrogen and oxygen atoms in total. The summed E-state index contributed by atoms with van der Waals surface area (Å²) in [7, 11) is 1.62.